The smallest absolute Gasteiger partial charge is 0.311 e. The number of carboxylic acids is 1. The molecule has 6 heteroatoms. The molecule has 0 aliphatic carbocycles. The number of carbonyl (C=O) groups excluding carboxylic acids is 1. The number of rotatable bonds is 4. The lowest BCUT2D eigenvalue weighted by Crippen LogP contribution is -2.53. The number of halogens is 1. The van der Waals surface area contributed by atoms with E-state index < -0.39 is 23.5 Å². The summed E-state index contributed by atoms with van der Waals surface area (Å²) >= 11 is 0. The number of piperidine rings is 1. The molecule has 114 valence electrons. The number of ether oxygens (including phenoxy) is 1. The summed E-state index contributed by atoms with van der Waals surface area (Å²) < 4.78 is 18.9. The van der Waals surface area contributed by atoms with Crippen molar-refractivity contribution in [3.05, 3.63) is 29.8 Å². The van der Waals surface area contributed by atoms with Crippen LogP contribution in [0.25, 0.3) is 0 Å². The van der Waals surface area contributed by atoms with E-state index in [2.05, 4.69) is 0 Å². The maximum atomic E-state index is 13.8. The van der Waals surface area contributed by atoms with Crippen LogP contribution in [0.1, 0.15) is 18.9 Å². The molecular weight excluding hydrogens is 277 g/mol. The number of aliphatic carboxylic acids is 1. The van der Waals surface area contributed by atoms with Crippen LogP contribution in [0.5, 0.6) is 5.75 Å². The fourth-order valence-corrected chi connectivity index (χ4v) is 2.48. The molecule has 0 radical (unpaired) electrons. The van der Waals surface area contributed by atoms with Gasteiger partial charge in [0.25, 0.3) is 5.91 Å². The SMILES string of the molecule is COc1ccc(CN2CC(C)(C(=O)O)CC(F)C2=O)cc1. The van der Waals surface area contributed by atoms with Gasteiger partial charge in [-0.1, -0.05) is 12.1 Å². The average Bonchev–Trinajstić information content (AvgIpc) is 2.45. The number of alkyl halides is 1. The van der Waals surface area contributed by atoms with Gasteiger partial charge in [-0.2, -0.15) is 0 Å². The first-order chi connectivity index (χ1) is 9.85. The Labute approximate surface area is 122 Å². The molecule has 0 bridgehead atoms. The van der Waals surface area contributed by atoms with Crippen molar-refractivity contribution in [1.82, 2.24) is 4.90 Å². The molecule has 2 unspecified atom stereocenters. The van der Waals surface area contributed by atoms with Crippen LogP contribution in [0.2, 0.25) is 0 Å². The summed E-state index contributed by atoms with van der Waals surface area (Å²) in [6, 6.07) is 7.03. The lowest BCUT2D eigenvalue weighted by molar-refractivity contribution is -0.160. The summed E-state index contributed by atoms with van der Waals surface area (Å²) in [5.41, 5.74) is -0.453. The summed E-state index contributed by atoms with van der Waals surface area (Å²) in [6.07, 6.45) is -2.04. The van der Waals surface area contributed by atoms with Crippen molar-refractivity contribution in [3.63, 3.8) is 0 Å². The van der Waals surface area contributed by atoms with E-state index in [-0.39, 0.29) is 19.5 Å². The third-order valence-corrected chi connectivity index (χ3v) is 3.80. The highest BCUT2D eigenvalue weighted by Gasteiger charge is 2.46. The Kier molecular flexibility index (Phi) is 4.16. The number of amides is 1. The lowest BCUT2D eigenvalue weighted by atomic mass is 9.81. The van der Waals surface area contributed by atoms with Gasteiger partial charge in [-0.15, -0.1) is 0 Å². The van der Waals surface area contributed by atoms with Gasteiger partial charge >= 0.3 is 5.97 Å². The molecule has 1 heterocycles. The number of benzene rings is 1. The van der Waals surface area contributed by atoms with Crippen LogP contribution in [0.4, 0.5) is 4.39 Å². The minimum atomic E-state index is -1.77. The van der Waals surface area contributed by atoms with E-state index in [4.69, 9.17) is 4.74 Å². The van der Waals surface area contributed by atoms with Gasteiger partial charge in [-0.3, -0.25) is 9.59 Å². The van der Waals surface area contributed by atoms with Gasteiger partial charge in [-0.05, 0) is 24.6 Å². The Morgan fingerprint density at radius 1 is 1.48 bits per heavy atom. The second kappa shape index (κ2) is 5.71. The molecule has 1 N–H and O–H groups in total. The molecule has 1 aromatic carbocycles. The lowest BCUT2D eigenvalue weighted by Gasteiger charge is -2.38. The highest BCUT2D eigenvalue weighted by molar-refractivity contribution is 5.85. The molecule has 1 aliphatic rings. The number of hydrogen-bond donors (Lipinski definition) is 1. The van der Waals surface area contributed by atoms with Crippen molar-refractivity contribution < 1.29 is 23.8 Å². The van der Waals surface area contributed by atoms with Crippen LogP contribution >= 0.6 is 0 Å². The maximum absolute atomic E-state index is 13.8. The van der Waals surface area contributed by atoms with Gasteiger partial charge < -0.3 is 14.7 Å². The van der Waals surface area contributed by atoms with Crippen molar-refractivity contribution >= 4 is 11.9 Å². The number of hydrogen-bond acceptors (Lipinski definition) is 3. The van der Waals surface area contributed by atoms with Gasteiger partial charge in [0.1, 0.15) is 5.75 Å². The minimum absolute atomic E-state index is 0.00756. The van der Waals surface area contributed by atoms with E-state index in [1.54, 1.807) is 31.4 Å². The molecule has 0 spiro atoms. The first kappa shape index (κ1) is 15.3. The molecule has 0 aromatic heterocycles. The van der Waals surface area contributed by atoms with Gasteiger partial charge in [0.15, 0.2) is 6.17 Å². The molecule has 1 amide bonds. The monoisotopic (exact) mass is 295 g/mol. The minimum Gasteiger partial charge on any atom is -0.497 e. The Hall–Kier alpha value is -2.11. The molecule has 2 rings (SSSR count). The Bertz CT molecular complexity index is 545. The molecule has 1 aromatic rings. The summed E-state index contributed by atoms with van der Waals surface area (Å²) in [6.45, 7) is 1.66. The Morgan fingerprint density at radius 2 is 2.10 bits per heavy atom. The number of nitrogens with zero attached hydrogens (tertiary/aromatic N) is 1. The predicted molar refractivity (Wildman–Crippen MR) is 73.7 cm³/mol. The number of methoxy groups -OCH3 is 1. The zero-order chi connectivity index (χ0) is 15.6. The molecule has 1 fully saturated rings. The summed E-state index contributed by atoms with van der Waals surface area (Å²) in [5, 5.41) is 9.23. The topological polar surface area (TPSA) is 66.8 Å². The first-order valence-electron chi connectivity index (χ1n) is 6.65. The summed E-state index contributed by atoms with van der Waals surface area (Å²) in [4.78, 5) is 24.5. The standard InChI is InChI=1S/C15H18FNO4/c1-15(14(19)20)7-12(16)13(18)17(9-15)8-10-3-5-11(21-2)6-4-10/h3-6,12H,7-9H2,1-2H3,(H,19,20). The van der Waals surface area contributed by atoms with E-state index in [0.717, 1.165) is 5.56 Å². The summed E-state index contributed by atoms with van der Waals surface area (Å²) in [7, 11) is 1.55. The predicted octanol–water partition coefficient (Wildman–Crippen LogP) is 1.86. The Morgan fingerprint density at radius 3 is 2.62 bits per heavy atom. The molecular formula is C15H18FNO4. The fourth-order valence-electron chi connectivity index (χ4n) is 2.48. The van der Waals surface area contributed by atoms with Crippen LogP contribution in [-0.4, -0.2) is 41.7 Å². The molecule has 21 heavy (non-hydrogen) atoms. The van der Waals surface area contributed by atoms with Crippen LogP contribution < -0.4 is 4.74 Å². The molecule has 0 saturated carbocycles. The molecule has 1 saturated heterocycles. The van der Waals surface area contributed by atoms with Crippen LogP contribution in [0, 0.1) is 5.41 Å². The van der Waals surface area contributed by atoms with Gasteiger partial charge in [0, 0.05) is 19.5 Å². The molecule has 1 aliphatic heterocycles. The summed E-state index contributed by atoms with van der Waals surface area (Å²) in [5.74, 6) is -1.05. The fraction of sp³-hybridized carbons (Fsp3) is 0.467. The van der Waals surface area contributed by atoms with Crippen molar-refractivity contribution in [2.24, 2.45) is 5.41 Å². The normalized spacial score (nSPS) is 25.8. The van der Waals surface area contributed by atoms with Crippen molar-refractivity contribution in [2.75, 3.05) is 13.7 Å². The van der Waals surface area contributed by atoms with Gasteiger partial charge in [0.2, 0.25) is 0 Å². The van der Waals surface area contributed by atoms with Crippen molar-refractivity contribution in [3.8, 4) is 5.75 Å². The van der Waals surface area contributed by atoms with E-state index in [1.165, 1.54) is 11.8 Å². The zero-order valence-corrected chi connectivity index (χ0v) is 12.0. The van der Waals surface area contributed by atoms with E-state index >= 15 is 0 Å². The zero-order valence-electron chi connectivity index (χ0n) is 12.0. The average molecular weight is 295 g/mol. The van der Waals surface area contributed by atoms with Crippen LogP contribution in [0.3, 0.4) is 0 Å². The quantitative estimate of drug-likeness (QED) is 0.920. The number of carboxylic acid groups (broad SMARTS) is 1. The van der Waals surface area contributed by atoms with Crippen LogP contribution in [-0.2, 0) is 16.1 Å². The largest absolute Gasteiger partial charge is 0.497 e. The number of likely N-dealkylation sites (tertiary alicyclic amines) is 1. The third-order valence-electron chi connectivity index (χ3n) is 3.80. The highest BCUT2D eigenvalue weighted by atomic mass is 19.1. The third kappa shape index (κ3) is 3.15. The Balaban J connectivity index is 2.16. The van der Waals surface area contributed by atoms with Crippen LogP contribution in [0.15, 0.2) is 24.3 Å². The van der Waals surface area contributed by atoms with Gasteiger partial charge in [0.05, 0.1) is 12.5 Å². The second-order valence-electron chi connectivity index (χ2n) is 5.58. The maximum Gasteiger partial charge on any atom is 0.311 e. The van der Waals surface area contributed by atoms with E-state index in [9.17, 15) is 19.1 Å². The first-order valence-corrected chi connectivity index (χ1v) is 6.65. The highest BCUT2D eigenvalue weighted by Crippen LogP contribution is 2.33. The van der Waals surface area contributed by atoms with E-state index in [1.807, 2.05) is 0 Å². The van der Waals surface area contributed by atoms with Crippen molar-refractivity contribution in [2.45, 2.75) is 26.1 Å². The van der Waals surface area contributed by atoms with E-state index in [0.29, 0.717) is 5.75 Å². The van der Waals surface area contributed by atoms with Crippen molar-refractivity contribution in [1.29, 1.82) is 0 Å². The molecule has 5 nitrogen and oxygen atoms in total. The van der Waals surface area contributed by atoms with Gasteiger partial charge in [-0.25, -0.2) is 4.39 Å². The molecule has 2 atom stereocenters. The second-order valence-corrected chi connectivity index (χ2v) is 5.58. The number of carbonyl (C=O) groups is 2.